The molecule has 0 fully saturated rings. The lowest BCUT2D eigenvalue weighted by Crippen LogP contribution is -2.22. The first-order valence-electron chi connectivity index (χ1n) is 6.31. The van der Waals surface area contributed by atoms with Gasteiger partial charge in [0.2, 0.25) is 5.91 Å². The van der Waals surface area contributed by atoms with Gasteiger partial charge in [0.05, 0.1) is 10.3 Å². The molecule has 0 saturated carbocycles. The number of benzene rings is 1. The summed E-state index contributed by atoms with van der Waals surface area (Å²) in [4.78, 5) is 12.1. The van der Waals surface area contributed by atoms with Gasteiger partial charge in [-0.1, -0.05) is 23.4 Å². The number of anilines is 1. The number of halogens is 2. The van der Waals surface area contributed by atoms with Crippen LogP contribution in [0.15, 0.2) is 29.7 Å². The van der Waals surface area contributed by atoms with Gasteiger partial charge in [0.15, 0.2) is 5.16 Å². The SMILES string of the molecule is CCn1cnnc1S[C@@H](C)C(=O)Nc1ccc(F)c(Cl)c1. The average Bonchev–Trinajstić information content (AvgIpc) is 2.90. The minimum atomic E-state index is -0.520. The van der Waals surface area contributed by atoms with E-state index < -0.39 is 5.82 Å². The minimum Gasteiger partial charge on any atom is -0.325 e. The van der Waals surface area contributed by atoms with Crippen molar-refractivity contribution in [2.45, 2.75) is 30.8 Å². The van der Waals surface area contributed by atoms with Crippen molar-refractivity contribution in [1.82, 2.24) is 14.8 Å². The zero-order chi connectivity index (χ0) is 15.4. The van der Waals surface area contributed by atoms with Crippen molar-refractivity contribution >= 4 is 35.0 Å². The quantitative estimate of drug-likeness (QED) is 0.856. The molecule has 2 rings (SSSR count). The summed E-state index contributed by atoms with van der Waals surface area (Å²) >= 11 is 6.98. The monoisotopic (exact) mass is 328 g/mol. The van der Waals surface area contributed by atoms with Crippen molar-refractivity contribution in [2.75, 3.05) is 5.32 Å². The standard InChI is InChI=1S/C13H14ClFN4OS/c1-3-19-7-16-18-13(19)21-8(2)12(20)17-9-4-5-11(15)10(14)6-9/h4-8H,3H2,1-2H3,(H,17,20)/t8-/m0/s1. The number of amides is 1. The van der Waals surface area contributed by atoms with Crippen molar-refractivity contribution in [3.8, 4) is 0 Å². The second-order valence-corrected chi connectivity index (χ2v) is 5.99. The van der Waals surface area contributed by atoms with E-state index in [-0.39, 0.29) is 16.2 Å². The van der Waals surface area contributed by atoms with Gasteiger partial charge in [-0.2, -0.15) is 0 Å². The summed E-state index contributed by atoms with van der Waals surface area (Å²) in [5.74, 6) is -0.735. The molecule has 2 aromatic rings. The maximum absolute atomic E-state index is 13.1. The van der Waals surface area contributed by atoms with Gasteiger partial charge in [0.25, 0.3) is 0 Å². The highest BCUT2D eigenvalue weighted by Crippen LogP contribution is 2.23. The molecule has 0 radical (unpaired) electrons. The molecule has 112 valence electrons. The van der Waals surface area contributed by atoms with Crippen LogP contribution in [0.2, 0.25) is 5.02 Å². The predicted molar refractivity (Wildman–Crippen MR) is 81.1 cm³/mol. The molecule has 0 spiro atoms. The topological polar surface area (TPSA) is 59.8 Å². The highest BCUT2D eigenvalue weighted by Gasteiger charge is 2.18. The average molecular weight is 329 g/mol. The summed E-state index contributed by atoms with van der Waals surface area (Å²) < 4.78 is 14.9. The second-order valence-electron chi connectivity index (χ2n) is 4.28. The van der Waals surface area contributed by atoms with Gasteiger partial charge in [0, 0.05) is 12.2 Å². The first kappa shape index (κ1) is 15.8. The fraction of sp³-hybridized carbons (Fsp3) is 0.308. The number of hydrogen-bond acceptors (Lipinski definition) is 4. The highest BCUT2D eigenvalue weighted by molar-refractivity contribution is 8.00. The number of aryl methyl sites for hydroxylation is 1. The van der Waals surface area contributed by atoms with E-state index in [9.17, 15) is 9.18 Å². The van der Waals surface area contributed by atoms with Crippen molar-refractivity contribution in [2.24, 2.45) is 0 Å². The van der Waals surface area contributed by atoms with Crippen LogP contribution in [0, 0.1) is 5.82 Å². The van der Waals surface area contributed by atoms with Gasteiger partial charge in [-0.15, -0.1) is 10.2 Å². The molecule has 0 aliphatic heterocycles. The van der Waals surface area contributed by atoms with Crippen LogP contribution in [0.3, 0.4) is 0 Å². The molecule has 1 aromatic heterocycles. The number of hydrogen-bond donors (Lipinski definition) is 1. The number of thioether (sulfide) groups is 1. The van der Waals surface area contributed by atoms with Crippen LogP contribution in [0.4, 0.5) is 10.1 Å². The van der Waals surface area contributed by atoms with E-state index in [0.717, 1.165) is 6.54 Å². The number of carbonyl (C=O) groups excluding carboxylic acids is 1. The fourth-order valence-electron chi connectivity index (χ4n) is 1.58. The molecule has 1 atom stereocenters. The van der Waals surface area contributed by atoms with Crippen molar-refractivity contribution in [3.05, 3.63) is 35.4 Å². The van der Waals surface area contributed by atoms with Gasteiger partial charge in [-0.3, -0.25) is 4.79 Å². The van der Waals surface area contributed by atoms with Gasteiger partial charge in [-0.05, 0) is 32.0 Å². The molecule has 1 amide bonds. The Balaban J connectivity index is 2.01. The van der Waals surface area contributed by atoms with Crippen molar-refractivity contribution < 1.29 is 9.18 Å². The van der Waals surface area contributed by atoms with Crippen molar-refractivity contribution in [1.29, 1.82) is 0 Å². The number of carbonyl (C=O) groups is 1. The maximum Gasteiger partial charge on any atom is 0.237 e. The molecular weight excluding hydrogens is 315 g/mol. The number of nitrogens with one attached hydrogen (secondary N) is 1. The third-order valence-electron chi connectivity index (χ3n) is 2.76. The van der Waals surface area contributed by atoms with Crippen LogP contribution in [0.25, 0.3) is 0 Å². The molecule has 0 saturated heterocycles. The molecule has 0 aliphatic carbocycles. The predicted octanol–water partition coefficient (Wildman–Crippen LogP) is 3.21. The Bertz CT molecular complexity index is 649. The third kappa shape index (κ3) is 3.95. The zero-order valence-electron chi connectivity index (χ0n) is 11.5. The van der Waals surface area contributed by atoms with E-state index in [0.29, 0.717) is 10.8 Å². The summed E-state index contributed by atoms with van der Waals surface area (Å²) in [5.41, 5.74) is 0.454. The Morgan fingerprint density at radius 2 is 2.33 bits per heavy atom. The van der Waals surface area contributed by atoms with E-state index in [1.165, 1.54) is 30.0 Å². The van der Waals surface area contributed by atoms with Crippen LogP contribution in [0.1, 0.15) is 13.8 Å². The van der Waals surface area contributed by atoms with E-state index >= 15 is 0 Å². The normalized spacial score (nSPS) is 12.2. The zero-order valence-corrected chi connectivity index (χ0v) is 13.1. The lowest BCUT2D eigenvalue weighted by atomic mass is 10.3. The van der Waals surface area contributed by atoms with Crippen LogP contribution in [-0.4, -0.2) is 25.9 Å². The maximum atomic E-state index is 13.1. The van der Waals surface area contributed by atoms with Gasteiger partial charge < -0.3 is 9.88 Å². The van der Waals surface area contributed by atoms with Crippen molar-refractivity contribution in [3.63, 3.8) is 0 Å². The lowest BCUT2D eigenvalue weighted by molar-refractivity contribution is -0.115. The van der Waals surface area contributed by atoms with Crippen LogP contribution < -0.4 is 5.32 Å². The van der Waals surface area contributed by atoms with Gasteiger partial charge >= 0.3 is 0 Å². The fourth-order valence-corrected chi connectivity index (χ4v) is 2.65. The molecule has 8 heteroatoms. The highest BCUT2D eigenvalue weighted by atomic mass is 35.5. The Kier molecular flexibility index (Phi) is 5.19. The molecule has 1 heterocycles. The number of nitrogens with zero attached hydrogens (tertiary/aromatic N) is 3. The van der Waals surface area contributed by atoms with Crippen LogP contribution in [-0.2, 0) is 11.3 Å². The summed E-state index contributed by atoms with van der Waals surface area (Å²) in [6.45, 7) is 4.47. The molecule has 21 heavy (non-hydrogen) atoms. The molecule has 0 unspecified atom stereocenters. The largest absolute Gasteiger partial charge is 0.325 e. The lowest BCUT2D eigenvalue weighted by Gasteiger charge is -2.12. The molecule has 1 N–H and O–H groups in total. The van der Waals surface area contributed by atoms with E-state index in [2.05, 4.69) is 15.5 Å². The van der Waals surface area contributed by atoms with Crippen LogP contribution >= 0.6 is 23.4 Å². The molecule has 0 bridgehead atoms. The molecule has 5 nitrogen and oxygen atoms in total. The third-order valence-corrected chi connectivity index (χ3v) is 4.14. The summed E-state index contributed by atoms with van der Waals surface area (Å²) in [7, 11) is 0. The molecule has 0 aliphatic rings. The van der Waals surface area contributed by atoms with Gasteiger partial charge in [-0.25, -0.2) is 4.39 Å². The summed E-state index contributed by atoms with van der Waals surface area (Å²) in [6, 6.07) is 4.05. The first-order valence-corrected chi connectivity index (χ1v) is 7.57. The smallest absolute Gasteiger partial charge is 0.237 e. The summed E-state index contributed by atoms with van der Waals surface area (Å²) in [6.07, 6.45) is 1.62. The Hall–Kier alpha value is -1.60. The Morgan fingerprint density at radius 3 is 3.00 bits per heavy atom. The second kappa shape index (κ2) is 6.91. The van der Waals surface area contributed by atoms with E-state index in [1.54, 1.807) is 13.3 Å². The first-order chi connectivity index (χ1) is 10.0. The summed E-state index contributed by atoms with van der Waals surface area (Å²) in [5, 5.41) is 10.7. The van der Waals surface area contributed by atoms with Gasteiger partial charge in [0.1, 0.15) is 12.1 Å². The van der Waals surface area contributed by atoms with Crippen LogP contribution in [0.5, 0.6) is 0 Å². The molecule has 1 aromatic carbocycles. The Labute approximate surface area is 130 Å². The number of rotatable bonds is 5. The minimum absolute atomic E-state index is 0.0289. The molecular formula is C13H14ClFN4OS. The number of aromatic nitrogens is 3. The Morgan fingerprint density at radius 1 is 1.57 bits per heavy atom. The van der Waals surface area contributed by atoms with E-state index in [1.807, 2.05) is 11.5 Å². The van der Waals surface area contributed by atoms with E-state index in [4.69, 9.17) is 11.6 Å².